The minimum atomic E-state index is 0.441. The molecule has 0 spiro atoms. The van der Waals surface area contributed by atoms with Crippen molar-refractivity contribution in [3.05, 3.63) is 46.4 Å². The molecule has 0 aliphatic heterocycles. The molecule has 1 heterocycles. The summed E-state index contributed by atoms with van der Waals surface area (Å²) >= 11 is 1.62. The van der Waals surface area contributed by atoms with Gasteiger partial charge in [-0.25, -0.2) is 4.98 Å². The van der Waals surface area contributed by atoms with E-state index in [9.17, 15) is 0 Å². The van der Waals surface area contributed by atoms with E-state index in [0.29, 0.717) is 13.0 Å². The second-order valence-electron chi connectivity index (χ2n) is 4.54. The molecule has 0 aliphatic carbocycles. The van der Waals surface area contributed by atoms with Crippen molar-refractivity contribution in [2.45, 2.75) is 13.0 Å². The summed E-state index contributed by atoms with van der Waals surface area (Å²) in [6.07, 6.45) is 0.441. The monoisotopic (exact) mass is 287 g/mol. The van der Waals surface area contributed by atoms with Gasteiger partial charge in [0.25, 0.3) is 0 Å². The molecule has 0 saturated heterocycles. The average Bonchev–Trinajstić information content (AvgIpc) is 2.94. The third kappa shape index (κ3) is 4.65. The smallest absolute Gasteiger partial charge is 0.119 e. The van der Waals surface area contributed by atoms with E-state index >= 15 is 0 Å². The summed E-state index contributed by atoms with van der Waals surface area (Å²) in [6.45, 7) is 2.32. The number of rotatable bonds is 7. The van der Waals surface area contributed by atoms with Crippen molar-refractivity contribution < 1.29 is 4.74 Å². The molecular weight excluding hydrogens is 270 g/mol. The zero-order valence-corrected chi connectivity index (χ0v) is 12.3. The Morgan fingerprint density at radius 3 is 2.80 bits per heavy atom. The highest BCUT2D eigenvalue weighted by Gasteiger charge is 2.02. The van der Waals surface area contributed by atoms with Crippen LogP contribution in [0.25, 0.3) is 0 Å². The Bertz CT molecular complexity index is 545. The molecule has 2 aromatic rings. The fourth-order valence-corrected chi connectivity index (χ4v) is 2.33. The van der Waals surface area contributed by atoms with Crippen LogP contribution >= 0.6 is 11.3 Å². The van der Waals surface area contributed by atoms with Crippen molar-refractivity contribution in [3.8, 4) is 11.8 Å². The fourth-order valence-electron chi connectivity index (χ4n) is 1.79. The van der Waals surface area contributed by atoms with Gasteiger partial charge >= 0.3 is 0 Å². The molecule has 0 unspecified atom stereocenters. The van der Waals surface area contributed by atoms with E-state index < -0.39 is 0 Å². The lowest BCUT2D eigenvalue weighted by molar-refractivity contribution is 0.231. The summed E-state index contributed by atoms with van der Waals surface area (Å²) in [4.78, 5) is 6.44. The Morgan fingerprint density at radius 1 is 1.35 bits per heavy atom. The molecule has 0 aliphatic rings. The summed E-state index contributed by atoms with van der Waals surface area (Å²) in [5, 5.41) is 10.7. The SMILES string of the molecule is CN(CCOc1ccc(CC#N)cc1)Cc1cscn1. The average molecular weight is 287 g/mol. The largest absolute Gasteiger partial charge is 0.492 e. The van der Waals surface area contributed by atoms with Crippen molar-refractivity contribution in [1.29, 1.82) is 5.26 Å². The van der Waals surface area contributed by atoms with E-state index in [1.54, 1.807) is 11.3 Å². The maximum Gasteiger partial charge on any atom is 0.119 e. The van der Waals surface area contributed by atoms with Crippen LogP contribution in [0.5, 0.6) is 5.75 Å². The van der Waals surface area contributed by atoms with Gasteiger partial charge in [-0.05, 0) is 24.7 Å². The predicted molar refractivity (Wildman–Crippen MR) is 79.7 cm³/mol. The van der Waals surface area contributed by atoms with Gasteiger partial charge in [-0.15, -0.1) is 11.3 Å². The Morgan fingerprint density at radius 2 is 2.15 bits per heavy atom. The molecule has 104 valence electrons. The van der Waals surface area contributed by atoms with E-state index in [4.69, 9.17) is 10.00 Å². The van der Waals surface area contributed by atoms with Gasteiger partial charge in [-0.2, -0.15) is 5.26 Å². The van der Waals surface area contributed by atoms with E-state index in [-0.39, 0.29) is 0 Å². The number of benzene rings is 1. The highest BCUT2D eigenvalue weighted by atomic mass is 32.1. The van der Waals surface area contributed by atoms with Crippen LogP contribution in [0.3, 0.4) is 0 Å². The number of nitrogens with zero attached hydrogens (tertiary/aromatic N) is 3. The molecule has 5 heteroatoms. The molecule has 20 heavy (non-hydrogen) atoms. The lowest BCUT2D eigenvalue weighted by Gasteiger charge is -2.15. The summed E-state index contributed by atoms with van der Waals surface area (Å²) in [7, 11) is 2.05. The van der Waals surface area contributed by atoms with E-state index in [0.717, 1.165) is 30.1 Å². The van der Waals surface area contributed by atoms with Crippen LogP contribution in [0.4, 0.5) is 0 Å². The summed E-state index contributed by atoms with van der Waals surface area (Å²) in [5.41, 5.74) is 3.96. The van der Waals surface area contributed by atoms with Crippen LogP contribution in [0.15, 0.2) is 35.2 Å². The van der Waals surface area contributed by atoms with Gasteiger partial charge in [0.1, 0.15) is 12.4 Å². The zero-order chi connectivity index (χ0) is 14.2. The lowest BCUT2D eigenvalue weighted by atomic mass is 10.2. The molecule has 0 atom stereocenters. The molecule has 0 bridgehead atoms. The quantitative estimate of drug-likeness (QED) is 0.785. The van der Waals surface area contributed by atoms with E-state index in [1.165, 1.54) is 0 Å². The van der Waals surface area contributed by atoms with Crippen molar-refractivity contribution in [3.63, 3.8) is 0 Å². The Labute approximate surface area is 123 Å². The van der Waals surface area contributed by atoms with Crippen LogP contribution in [-0.2, 0) is 13.0 Å². The summed E-state index contributed by atoms with van der Waals surface area (Å²) < 4.78 is 5.69. The molecule has 0 fully saturated rings. The summed E-state index contributed by atoms with van der Waals surface area (Å²) in [6, 6.07) is 9.81. The number of thiazole rings is 1. The van der Waals surface area contributed by atoms with Gasteiger partial charge in [0.2, 0.25) is 0 Å². The first-order valence-corrected chi connectivity index (χ1v) is 7.36. The Kier molecular flexibility index (Phi) is 5.54. The van der Waals surface area contributed by atoms with Gasteiger partial charge in [-0.1, -0.05) is 12.1 Å². The van der Waals surface area contributed by atoms with Crippen LogP contribution < -0.4 is 4.74 Å². The van der Waals surface area contributed by atoms with E-state index in [1.807, 2.05) is 29.8 Å². The standard InChI is InChI=1S/C15H17N3OS/c1-18(10-14-11-20-12-17-14)8-9-19-15-4-2-13(3-5-15)6-7-16/h2-5,11-12H,6,8-10H2,1H3. The van der Waals surface area contributed by atoms with E-state index in [2.05, 4.69) is 28.4 Å². The van der Waals surface area contributed by atoms with Gasteiger partial charge in [0.05, 0.1) is 23.7 Å². The van der Waals surface area contributed by atoms with Crippen LogP contribution in [0.1, 0.15) is 11.3 Å². The minimum Gasteiger partial charge on any atom is -0.492 e. The molecular formula is C15H17N3OS. The second-order valence-corrected chi connectivity index (χ2v) is 5.26. The lowest BCUT2D eigenvalue weighted by Crippen LogP contribution is -2.24. The molecule has 4 nitrogen and oxygen atoms in total. The number of likely N-dealkylation sites (N-methyl/N-ethyl adjacent to an activating group) is 1. The fraction of sp³-hybridized carbons (Fsp3) is 0.333. The maximum absolute atomic E-state index is 8.61. The predicted octanol–water partition coefficient (Wildman–Crippen LogP) is 2.72. The first kappa shape index (κ1) is 14.5. The number of hydrogen-bond donors (Lipinski definition) is 0. The highest BCUT2D eigenvalue weighted by Crippen LogP contribution is 2.12. The van der Waals surface area contributed by atoms with Crippen LogP contribution in [0.2, 0.25) is 0 Å². The third-order valence-electron chi connectivity index (χ3n) is 2.86. The van der Waals surface area contributed by atoms with Gasteiger partial charge < -0.3 is 4.74 Å². The van der Waals surface area contributed by atoms with Gasteiger partial charge in [0, 0.05) is 18.5 Å². The van der Waals surface area contributed by atoms with Crippen LogP contribution in [-0.4, -0.2) is 30.1 Å². The number of ether oxygens (including phenoxy) is 1. The number of hydrogen-bond acceptors (Lipinski definition) is 5. The molecule has 0 N–H and O–H groups in total. The first-order chi connectivity index (χ1) is 9.78. The summed E-state index contributed by atoms with van der Waals surface area (Å²) in [5.74, 6) is 0.841. The molecule has 0 saturated carbocycles. The number of aromatic nitrogens is 1. The first-order valence-electron chi connectivity index (χ1n) is 6.42. The molecule has 1 aromatic heterocycles. The molecule has 2 rings (SSSR count). The van der Waals surface area contributed by atoms with Crippen molar-refractivity contribution in [2.24, 2.45) is 0 Å². The zero-order valence-electron chi connectivity index (χ0n) is 11.5. The Balaban J connectivity index is 1.71. The second kappa shape index (κ2) is 7.63. The van der Waals surface area contributed by atoms with Gasteiger partial charge in [0.15, 0.2) is 0 Å². The van der Waals surface area contributed by atoms with Crippen molar-refractivity contribution >= 4 is 11.3 Å². The highest BCUT2D eigenvalue weighted by molar-refractivity contribution is 7.07. The minimum absolute atomic E-state index is 0.441. The molecule has 0 amide bonds. The molecule has 1 aromatic carbocycles. The van der Waals surface area contributed by atoms with Crippen molar-refractivity contribution in [1.82, 2.24) is 9.88 Å². The van der Waals surface area contributed by atoms with Gasteiger partial charge in [-0.3, -0.25) is 4.90 Å². The third-order valence-corrected chi connectivity index (χ3v) is 3.50. The Hall–Kier alpha value is -1.90. The molecule has 0 radical (unpaired) electrons. The van der Waals surface area contributed by atoms with Crippen molar-refractivity contribution in [2.75, 3.05) is 20.2 Å². The topological polar surface area (TPSA) is 49.1 Å². The van der Waals surface area contributed by atoms with Crippen LogP contribution in [0, 0.1) is 11.3 Å². The maximum atomic E-state index is 8.61. The normalized spacial score (nSPS) is 10.4. The number of nitriles is 1.